The Bertz CT molecular complexity index is 1330. The van der Waals surface area contributed by atoms with Gasteiger partial charge in [0, 0.05) is 11.1 Å². The lowest BCUT2D eigenvalue weighted by Gasteiger charge is -2.27. The van der Waals surface area contributed by atoms with Crippen LogP contribution in [0.1, 0.15) is 76.7 Å². The second-order valence-corrected chi connectivity index (χ2v) is 11.0. The van der Waals surface area contributed by atoms with Crippen LogP contribution in [0.25, 0.3) is 27.8 Å². The molecule has 1 aliphatic rings. The van der Waals surface area contributed by atoms with E-state index in [-0.39, 0.29) is 35.8 Å². The molecule has 2 atom stereocenters. The summed E-state index contributed by atoms with van der Waals surface area (Å²) >= 11 is 0. The van der Waals surface area contributed by atoms with Crippen molar-refractivity contribution in [2.75, 3.05) is 6.61 Å². The smallest absolute Gasteiger partial charge is 0.201 e. The van der Waals surface area contributed by atoms with Crippen LogP contribution in [0.4, 0.5) is 13.2 Å². The van der Waals surface area contributed by atoms with E-state index in [0.29, 0.717) is 23.1 Å². The predicted octanol–water partition coefficient (Wildman–Crippen LogP) is 10.3. The van der Waals surface area contributed by atoms with Gasteiger partial charge in [-0.3, -0.25) is 0 Å². The predicted molar refractivity (Wildman–Crippen MR) is 162 cm³/mol. The van der Waals surface area contributed by atoms with Gasteiger partial charge in [-0.05, 0) is 84.9 Å². The minimum absolute atomic E-state index is 0.107. The normalized spacial score (nSPS) is 15.8. The van der Waals surface area contributed by atoms with Crippen molar-refractivity contribution in [2.45, 2.75) is 77.2 Å². The highest BCUT2D eigenvalue weighted by Gasteiger charge is 2.23. The zero-order valence-corrected chi connectivity index (χ0v) is 24.0. The van der Waals surface area contributed by atoms with Gasteiger partial charge >= 0.3 is 0 Å². The molecule has 0 radical (unpaired) electrons. The van der Waals surface area contributed by atoms with E-state index in [2.05, 4.69) is 19.6 Å². The number of allylic oxidation sites excluding steroid dienone is 3. The molecule has 2 nitrogen and oxygen atoms in total. The fourth-order valence-corrected chi connectivity index (χ4v) is 5.54. The molecule has 41 heavy (non-hydrogen) atoms. The van der Waals surface area contributed by atoms with Crippen LogP contribution < -0.4 is 4.74 Å². The van der Waals surface area contributed by atoms with Crippen LogP contribution in [-0.4, -0.2) is 17.8 Å². The second kappa shape index (κ2) is 15.1. The van der Waals surface area contributed by atoms with Gasteiger partial charge in [0.15, 0.2) is 11.6 Å². The van der Waals surface area contributed by atoms with Gasteiger partial charge in [0.25, 0.3) is 0 Å². The summed E-state index contributed by atoms with van der Waals surface area (Å²) in [6, 6.07) is 15.2. The highest BCUT2D eigenvalue weighted by Crippen LogP contribution is 2.36. The minimum atomic E-state index is -1.01. The first-order valence-corrected chi connectivity index (χ1v) is 14.9. The third-order valence-corrected chi connectivity index (χ3v) is 8.05. The Morgan fingerprint density at radius 3 is 2.32 bits per heavy atom. The van der Waals surface area contributed by atoms with Crippen molar-refractivity contribution >= 4 is 5.57 Å². The van der Waals surface area contributed by atoms with Crippen molar-refractivity contribution in [3.05, 3.63) is 96.3 Å². The summed E-state index contributed by atoms with van der Waals surface area (Å²) in [5.41, 5.74) is 3.75. The van der Waals surface area contributed by atoms with Crippen molar-refractivity contribution < 1.29 is 23.0 Å². The molecule has 4 rings (SSSR count). The average Bonchev–Trinajstić information content (AvgIpc) is 3.00. The summed E-state index contributed by atoms with van der Waals surface area (Å²) in [6.07, 6.45) is 12.8. The molecule has 0 heterocycles. The summed E-state index contributed by atoms with van der Waals surface area (Å²) in [7, 11) is 0. The molecule has 3 aromatic rings. The fraction of sp³-hybridized carbons (Fsp3) is 0.389. The van der Waals surface area contributed by atoms with Crippen LogP contribution in [0, 0.1) is 23.4 Å². The summed E-state index contributed by atoms with van der Waals surface area (Å²) < 4.78 is 50.0. The molecule has 1 aliphatic carbocycles. The maximum absolute atomic E-state index is 15.2. The van der Waals surface area contributed by atoms with Gasteiger partial charge in [0.2, 0.25) is 5.82 Å². The highest BCUT2D eigenvalue weighted by molar-refractivity contribution is 5.74. The molecule has 5 heteroatoms. The fourth-order valence-electron chi connectivity index (χ4n) is 5.54. The Kier molecular flexibility index (Phi) is 11.3. The number of ether oxygens (including phenoxy) is 1. The maximum atomic E-state index is 15.2. The number of hydrogen-bond acceptors (Lipinski definition) is 2. The van der Waals surface area contributed by atoms with Crippen LogP contribution >= 0.6 is 0 Å². The van der Waals surface area contributed by atoms with Gasteiger partial charge in [0.1, 0.15) is 5.82 Å². The largest absolute Gasteiger partial charge is 0.490 e. The number of unbranched alkanes of at least 4 members (excludes halogenated alkanes) is 4. The minimum Gasteiger partial charge on any atom is -0.490 e. The summed E-state index contributed by atoms with van der Waals surface area (Å²) in [6.45, 7) is 6.10. The number of aliphatic hydroxyl groups excluding tert-OH is 1. The maximum Gasteiger partial charge on any atom is 0.201 e. The quantitative estimate of drug-likeness (QED) is 0.156. The van der Waals surface area contributed by atoms with E-state index in [1.807, 2.05) is 12.1 Å². The number of halogens is 3. The summed E-state index contributed by atoms with van der Waals surface area (Å²) in [4.78, 5) is 0. The molecule has 0 saturated carbocycles. The first-order chi connectivity index (χ1) is 19.9. The molecule has 3 aromatic carbocycles. The van der Waals surface area contributed by atoms with E-state index in [0.717, 1.165) is 56.1 Å². The summed E-state index contributed by atoms with van der Waals surface area (Å²) in [5.74, 6) is -2.11. The summed E-state index contributed by atoms with van der Waals surface area (Å²) in [5, 5.41) is 10.6. The Hall–Kier alpha value is -3.31. The number of benzene rings is 3. The Labute approximate surface area is 242 Å². The van der Waals surface area contributed by atoms with Crippen LogP contribution in [0.15, 0.2) is 73.3 Å². The van der Waals surface area contributed by atoms with Crippen LogP contribution in [0.2, 0.25) is 0 Å². The van der Waals surface area contributed by atoms with E-state index < -0.39 is 11.6 Å². The molecule has 1 N–H and O–H groups in total. The van der Waals surface area contributed by atoms with E-state index >= 15 is 4.39 Å². The third kappa shape index (κ3) is 7.91. The molecular weight excluding hydrogens is 521 g/mol. The number of rotatable bonds is 14. The van der Waals surface area contributed by atoms with Crippen molar-refractivity contribution in [3.63, 3.8) is 0 Å². The molecule has 0 saturated heterocycles. The van der Waals surface area contributed by atoms with Crippen LogP contribution in [-0.2, 0) is 0 Å². The number of aliphatic hydroxyl groups is 1. The molecule has 2 unspecified atom stereocenters. The standard InChI is InChI=1S/C36H41F3O2/c1-3-5-7-8-10-33(40)28-17-15-26(16-18-28)30-20-19-29(24-32(30)37)25-11-13-27(14-12-25)31-21-22-34(36(39)35(31)38)41-23-9-6-4-2/h4,11-15,19-22,24,28,33,40H,2-3,5-10,16-18,23H2,1H3. The average molecular weight is 563 g/mol. The first-order valence-electron chi connectivity index (χ1n) is 14.9. The Morgan fingerprint density at radius 1 is 0.902 bits per heavy atom. The molecular formula is C36H41F3O2. The van der Waals surface area contributed by atoms with E-state index in [9.17, 15) is 13.9 Å². The van der Waals surface area contributed by atoms with Crippen molar-refractivity contribution in [1.29, 1.82) is 0 Å². The third-order valence-electron chi connectivity index (χ3n) is 8.05. The zero-order chi connectivity index (χ0) is 29.2. The molecule has 0 aromatic heterocycles. The molecule has 0 fully saturated rings. The second-order valence-electron chi connectivity index (χ2n) is 11.0. The highest BCUT2D eigenvalue weighted by atomic mass is 19.2. The SMILES string of the molecule is C=CCCCOc1ccc(-c2ccc(-c3ccc(C4=CCC(C(O)CCCCCC)CC4)c(F)c3)cc2)c(F)c1F. The molecule has 218 valence electrons. The van der Waals surface area contributed by atoms with Gasteiger partial charge in [-0.15, -0.1) is 6.58 Å². The molecule has 0 spiro atoms. The Balaban J connectivity index is 1.40. The van der Waals surface area contributed by atoms with Gasteiger partial charge in [-0.2, -0.15) is 4.39 Å². The molecule has 0 amide bonds. The van der Waals surface area contributed by atoms with Crippen molar-refractivity contribution in [3.8, 4) is 28.0 Å². The van der Waals surface area contributed by atoms with Crippen molar-refractivity contribution in [2.24, 2.45) is 5.92 Å². The first kappa shape index (κ1) is 30.6. The lowest BCUT2D eigenvalue weighted by molar-refractivity contribution is 0.0914. The van der Waals surface area contributed by atoms with Gasteiger partial charge in [-0.1, -0.05) is 81.2 Å². The van der Waals surface area contributed by atoms with Gasteiger partial charge < -0.3 is 9.84 Å². The molecule has 0 aliphatic heterocycles. The lowest BCUT2D eigenvalue weighted by atomic mass is 9.82. The van der Waals surface area contributed by atoms with Crippen LogP contribution in [0.3, 0.4) is 0 Å². The van der Waals surface area contributed by atoms with Crippen LogP contribution in [0.5, 0.6) is 5.75 Å². The Morgan fingerprint density at radius 2 is 1.63 bits per heavy atom. The monoisotopic (exact) mass is 562 g/mol. The molecule has 0 bridgehead atoms. The zero-order valence-electron chi connectivity index (χ0n) is 24.0. The topological polar surface area (TPSA) is 29.5 Å². The van der Waals surface area contributed by atoms with E-state index in [4.69, 9.17) is 4.74 Å². The lowest BCUT2D eigenvalue weighted by Crippen LogP contribution is -2.22. The van der Waals surface area contributed by atoms with E-state index in [1.54, 1.807) is 30.3 Å². The van der Waals surface area contributed by atoms with Crippen molar-refractivity contribution in [1.82, 2.24) is 0 Å². The van der Waals surface area contributed by atoms with Gasteiger partial charge in [-0.25, -0.2) is 8.78 Å². The van der Waals surface area contributed by atoms with Gasteiger partial charge in [0.05, 0.1) is 12.7 Å². The number of hydrogen-bond donors (Lipinski definition) is 1. The van der Waals surface area contributed by atoms with E-state index in [1.165, 1.54) is 31.0 Å².